The largest absolute Gasteiger partial charge is 0.346 e. The Morgan fingerprint density at radius 2 is 1.75 bits per heavy atom. The van der Waals surface area contributed by atoms with Crippen molar-refractivity contribution in [2.45, 2.75) is 53.1 Å². The highest BCUT2D eigenvalue weighted by Gasteiger charge is 2.32. The molecule has 1 aliphatic heterocycles. The van der Waals surface area contributed by atoms with Gasteiger partial charge in [0.1, 0.15) is 0 Å². The molecule has 3 rings (SSSR count). The molecule has 0 unspecified atom stereocenters. The van der Waals surface area contributed by atoms with Crippen LogP contribution < -0.4 is 9.62 Å². The lowest BCUT2D eigenvalue weighted by molar-refractivity contribution is 0.0939. The molecule has 1 aliphatic rings. The van der Waals surface area contributed by atoms with Gasteiger partial charge in [0, 0.05) is 11.6 Å². The summed E-state index contributed by atoms with van der Waals surface area (Å²) in [5.74, 6) is -0.154. The van der Waals surface area contributed by atoms with E-state index >= 15 is 0 Å². The molecule has 1 heterocycles. The van der Waals surface area contributed by atoms with Gasteiger partial charge in [-0.2, -0.15) is 0 Å². The van der Waals surface area contributed by atoms with E-state index in [1.165, 1.54) is 21.7 Å². The average molecular weight is 401 g/mol. The Hall–Kier alpha value is -2.34. The number of fused-ring (bicyclic) bond motifs is 1. The summed E-state index contributed by atoms with van der Waals surface area (Å²) in [4.78, 5) is 12.8. The van der Waals surface area contributed by atoms with E-state index in [1.807, 2.05) is 19.9 Å². The first-order valence-corrected chi connectivity index (χ1v) is 11.3. The second-order valence-corrected chi connectivity index (χ2v) is 9.80. The van der Waals surface area contributed by atoms with E-state index in [9.17, 15) is 13.2 Å². The lowest BCUT2D eigenvalue weighted by Gasteiger charge is -2.22. The predicted molar refractivity (Wildman–Crippen MR) is 113 cm³/mol. The summed E-state index contributed by atoms with van der Waals surface area (Å²) in [6.07, 6.45) is 1.82. The first kappa shape index (κ1) is 20.4. The van der Waals surface area contributed by atoms with E-state index in [0.29, 0.717) is 17.7 Å². The zero-order chi connectivity index (χ0) is 20.8. The van der Waals surface area contributed by atoms with Crippen LogP contribution in [-0.4, -0.2) is 26.6 Å². The van der Waals surface area contributed by atoms with E-state index in [2.05, 4.69) is 38.2 Å². The normalized spacial score (nSPS) is 17.4. The van der Waals surface area contributed by atoms with Crippen LogP contribution in [0.3, 0.4) is 0 Å². The smallest absolute Gasteiger partial charge is 0.251 e. The third kappa shape index (κ3) is 3.78. The molecule has 0 saturated carbocycles. The molecule has 28 heavy (non-hydrogen) atoms. The molecule has 1 amide bonds. The second-order valence-electron chi connectivity index (χ2n) is 7.94. The van der Waals surface area contributed by atoms with Gasteiger partial charge in [0.05, 0.1) is 18.0 Å². The fourth-order valence-corrected chi connectivity index (χ4v) is 5.32. The first-order valence-electron chi connectivity index (χ1n) is 9.50. The van der Waals surface area contributed by atoms with Crippen molar-refractivity contribution in [3.05, 3.63) is 63.7 Å². The van der Waals surface area contributed by atoms with Gasteiger partial charge in [0.15, 0.2) is 0 Å². The molecule has 0 fully saturated rings. The minimum absolute atomic E-state index is 0.119. The summed E-state index contributed by atoms with van der Waals surface area (Å²) in [6, 6.07) is 9.26. The number of hydrogen-bond donors (Lipinski definition) is 1. The molecule has 0 radical (unpaired) electrons. The lowest BCUT2D eigenvalue weighted by atomic mass is 9.96. The van der Waals surface area contributed by atoms with Gasteiger partial charge >= 0.3 is 0 Å². The SMILES string of the molecule is Cc1cc(C)c([C@@H](C)NC(=O)c2ccc3c(c2)C[C@@H](C)N3S(C)(=O)=O)cc1C. The van der Waals surface area contributed by atoms with Crippen LogP contribution in [0, 0.1) is 20.8 Å². The van der Waals surface area contributed by atoms with Crippen LogP contribution in [0.25, 0.3) is 0 Å². The zero-order valence-corrected chi connectivity index (χ0v) is 18.1. The molecule has 2 aromatic carbocycles. The minimum Gasteiger partial charge on any atom is -0.346 e. The van der Waals surface area contributed by atoms with Crippen molar-refractivity contribution in [1.29, 1.82) is 0 Å². The Labute approximate surface area is 167 Å². The number of aryl methyl sites for hydroxylation is 3. The highest BCUT2D eigenvalue weighted by Crippen LogP contribution is 2.34. The molecular formula is C22H28N2O3S. The topological polar surface area (TPSA) is 66.5 Å². The molecule has 2 atom stereocenters. The zero-order valence-electron chi connectivity index (χ0n) is 17.3. The number of hydrogen-bond acceptors (Lipinski definition) is 3. The molecule has 0 saturated heterocycles. The number of sulfonamides is 1. The van der Waals surface area contributed by atoms with Gasteiger partial charge in [-0.05, 0) is 87.1 Å². The third-order valence-electron chi connectivity index (χ3n) is 5.55. The fourth-order valence-electron chi connectivity index (χ4n) is 4.06. The van der Waals surface area contributed by atoms with Gasteiger partial charge in [0.2, 0.25) is 10.0 Å². The van der Waals surface area contributed by atoms with Gasteiger partial charge in [-0.25, -0.2) is 8.42 Å². The van der Waals surface area contributed by atoms with Gasteiger partial charge in [-0.1, -0.05) is 12.1 Å². The first-order chi connectivity index (χ1) is 13.0. The number of benzene rings is 2. The number of amides is 1. The van der Waals surface area contributed by atoms with Crippen molar-refractivity contribution in [2.24, 2.45) is 0 Å². The van der Waals surface area contributed by atoms with Crippen LogP contribution in [0.2, 0.25) is 0 Å². The Morgan fingerprint density at radius 3 is 2.39 bits per heavy atom. The molecule has 5 nitrogen and oxygen atoms in total. The third-order valence-corrected chi connectivity index (χ3v) is 6.82. The Bertz CT molecular complexity index is 1040. The maximum absolute atomic E-state index is 12.8. The Morgan fingerprint density at radius 1 is 1.11 bits per heavy atom. The molecule has 0 bridgehead atoms. The molecule has 1 N–H and O–H groups in total. The quantitative estimate of drug-likeness (QED) is 0.849. The van der Waals surface area contributed by atoms with E-state index in [4.69, 9.17) is 0 Å². The summed E-state index contributed by atoms with van der Waals surface area (Å²) in [5, 5.41) is 3.07. The predicted octanol–water partition coefficient (Wildman–Crippen LogP) is 3.81. The van der Waals surface area contributed by atoms with Crippen molar-refractivity contribution in [3.8, 4) is 0 Å². The molecule has 2 aromatic rings. The number of carbonyl (C=O) groups is 1. The van der Waals surface area contributed by atoms with Crippen molar-refractivity contribution >= 4 is 21.6 Å². The number of nitrogens with one attached hydrogen (secondary N) is 1. The lowest BCUT2D eigenvalue weighted by Crippen LogP contribution is -2.34. The summed E-state index contributed by atoms with van der Waals surface area (Å²) in [6.45, 7) is 10.1. The van der Waals surface area contributed by atoms with Gasteiger partial charge in [-0.15, -0.1) is 0 Å². The van der Waals surface area contributed by atoms with E-state index < -0.39 is 10.0 Å². The van der Waals surface area contributed by atoms with Crippen LogP contribution in [0.1, 0.15) is 58.1 Å². The van der Waals surface area contributed by atoms with Gasteiger partial charge in [-0.3, -0.25) is 9.10 Å². The highest BCUT2D eigenvalue weighted by atomic mass is 32.2. The molecule has 0 aromatic heterocycles. The second kappa shape index (κ2) is 7.24. The van der Waals surface area contributed by atoms with E-state index in [-0.39, 0.29) is 18.0 Å². The molecule has 6 heteroatoms. The molecule has 150 valence electrons. The summed E-state index contributed by atoms with van der Waals surface area (Å²) < 4.78 is 25.6. The molecular weight excluding hydrogens is 372 g/mol. The van der Waals surface area contributed by atoms with Crippen molar-refractivity contribution < 1.29 is 13.2 Å². The van der Waals surface area contributed by atoms with Crippen LogP contribution in [0.5, 0.6) is 0 Å². The Balaban J connectivity index is 1.83. The minimum atomic E-state index is -3.33. The van der Waals surface area contributed by atoms with Crippen LogP contribution >= 0.6 is 0 Å². The number of rotatable bonds is 4. The summed E-state index contributed by atoms with van der Waals surface area (Å²) in [7, 11) is -3.33. The number of nitrogens with zero attached hydrogens (tertiary/aromatic N) is 1. The summed E-state index contributed by atoms with van der Waals surface area (Å²) >= 11 is 0. The molecule has 0 aliphatic carbocycles. The van der Waals surface area contributed by atoms with Crippen LogP contribution in [-0.2, 0) is 16.4 Å². The van der Waals surface area contributed by atoms with Crippen LogP contribution in [0.15, 0.2) is 30.3 Å². The van der Waals surface area contributed by atoms with E-state index in [1.54, 1.807) is 12.1 Å². The molecule has 0 spiro atoms. The standard InChI is InChI=1S/C22H28N2O3S/c1-13-9-15(3)20(10-14(13)2)17(5)23-22(25)18-7-8-21-19(12-18)11-16(4)24(21)28(6,26)27/h7-10,12,16-17H,11H2,1-6H3,(H,23,25)/t16-,17-/m1/s1. The van der Waals surface area contributed by atoms with Crippen LogP contribution in [0.4, 0.5) is 5.69 Å². The van der Waals surface area contributed by atoms with Crippen molar-refractivity contribution in [1.82, 2.24) is 5.32 Å². The number of anilines is 1. The maximum atomic E-state index is 12.8. The number of carbonyl (C=O) groups excluding carboxylic acids is 1. The Kier molecular flexibility index (Phi) is 5.28. The van der Waals surface area contributed by atoms with Gasteiger partial charge < -0.3 is 5.32 Å². The van der Waals surface area contributed by atoms with Gasteiger partial charge in [0.25, 0.3) is 5.91 Å². The van der Waals surface area contributed by atoms with E-state index in [0.717, 1.165) is 16.7 Å². The highest BCUT2D eigenvalue weighted by molar-refractivity contribution is 7.92. The summed E-state index contributed by atoms with van der Waals surface area (Å²) in [5.41, 5.74) is 6.81. The fraction of sp³-hybridized carbons (Fsp3) is 0.409. The van der Waals surface area contributed by atoms with Crippen molar-refractivity contribution in [3.63, 3.8) is 0 Å². The average Bonchev–Trinajstić information content (AvgIpc) is 2.92. The maximum Gasteiger partial charge on any atom is 0.251 e. The monoisotopic (exact) mass is 400 g/mol. The van der Waals surface area contributed by atoms with Crippen molar-refractivity contribution in [2.75, 3.05) is 10.6 Å².